The smallest absolute Gasteiger partial charge is 0.262 e. The zero-order chi connectivity index (χ0) is 18.5. The molecule has 0 bridgehead atoms. The van der Waals surface area contributed by atoms with Crippen LogP contribution in [0.15, 0.2) is 41.4 Å². The number of H-pyrrole nitrogens is 1. The molecule has 1 amide bonds. The van der Waals surface area contributed by atoms with Gasteiger partial charge in [0.1, 0.15) is 5.75 Å². The highest BCUT2D eigenvalue weighted by Gasteiger charge is 2.22. The van der Waals surface area contributed by atoms with Gasteiger partial charge in [0, 0.05) is 11.6 Å². The van der Waals surface area contributed by atoms with E-state index in [4.69, 9.17) is 27.9 Å². The van der Waals surface area contributed by atoms with Gasteiger partial charge in [-0.3, -0.25) is 9.52 Å². The van der Waals surface area contributed by atoms with Crippen molar-refractivity contribution in [3.8, 4) is 5.75 Å². The van der Waals surface area contributed by atoms with Gasteiger partial charge < -0.3 is 15.0 Å². The Morgan fingerprint density at radius 3 is 2.73 bits per heavy atom. The molecule has 0 spiro atoms. The molecule has 1 aliphatic heterocycles. The summed E-state index contributed by atoms with van der Waals surface area (Å²) in [6.07, 6.45) is 1.53. The molecule has 0 radical (unpaired) electrons. The number of rotatable bonds is 3. The van der Waals surface area contributed by atoms with Crippen LogP contribution >= 0.6 is 23.2 Å². The number of benzene rings is 2. The summed E-state index contributed by atoms with van der Waals surface area (Å²) in [6, 6.07) is 7.32. The molecule has 1 aromatic heterocycles. The van der Waals surface area contributed by atoms with Gasteiger partial charge in [0.2, 0.25) is 0 Å². The summed E-state index contributed by atoms with van der Waals surface area (Å²) in [5, 5.41) is 3.90. The molecule has 1 aliphatic rings. The zero-order valence-electron chi connectivity index (χ0n) is 13.0. The summed E-state index contributed by atoms with van der Waals surface area (Å²) >= 11 is 12.2. The summed E-state index contributed by atoms with van der Waals surface area (Å²) in [4.78, 5) is 14.3. The van der Waals surface area contributed by atoms with Gasteiger partial charge in [-0.2, -0.15) is 0 Å². The number of hydrogen-bond acceptors (Lipinski definition) is 4. The molecule has 3 N–H and O–H groups in total. The second-order valence-corrected chi connectivity index (χ2v) is 8.08. The van der Waals surface area contributed by atoms with Gasteiger partial charge in [0.05, 0.1) is 31.8 Å². The number of hydrogen-bond donors (Lipinski definition) is 3. The summed E-state index contributed by atoms with van der Waals surface area (Å²) in [6.45, 7) is -0.103. The van der Waals surface area contributed by atoms with Gasteiger partial charge in [-0.1, -0.05) is 23.2 Å². The van der Waals surface area contributed by atoms with E-state index in [2.05, 4.69) is 15.0 Å². The largest absolute Gasteiger partial charge is 0.482 e. The number of nitrogens with one attached hydrogen (secondary N) is 3. The third kappa shape index (κ3) is 2.86. The number of carbonyl (C=O) groups excluding carboxylic acids is 1. The highest BCUT2D eigenvalue weighted by molar-refractivity contribution is 7.92. The number of sulfonamides is 1. The summed E-state index contributed by atoms with van der Waals surface area (Å²) < 4.78 is 33.3. The SMILES string of the molecule is O=C1COc2ccc(S(=O)(=O)Nc3ccc(Cl)c4c(Cl)c[nH]c34)cc2N1. The molecule has 10 heteroatoms. The number of aromatic nitrogens is 1. The Hall–Kier alpha value is -2.42. The number of anilines is 2. The maximum Gasteiger partial charge on any atom is 0.262 e. The van der Waals surface area contributed by atoms with E-state index in [1.807, 2.05) is 0 Å². The number of ether oxygens (including phenoxy) is 1. The van der Waals surface area contributed by atoms with Crippen molar-refractivity contribution >= 4 is 61.4 Å². The second-order valence-electron chi connectivity index (χ2n) is 5.58. The van der Waals surface area contributed by atoms with Gasteiger partial charge >= 0.3 is 0 Å². The van der Waals surface area contributed by atoms with E-state index in [1.165, 1.54) is 24.4 Å². The maximum atomic E-state index is 12.8. The van der Waals surface area contributed by atoms with Crippen molar-refractivity contribution in [1.29, 1.82) is 0 Å². The summed E-state index contributed by atoms with van der Waals surface area (Å²) in [7, 11) is -3.92. The van der Waals surface area contributed by atoms with Gasteiger partial charge in [-0.25, -0.2) is 8.42 Å². The molecule has 0 atom stereocenters. The minimum Gasteiger partial charge on any atom is -0.482 e. The van der Waals surface area contributed by atoms with Crippen molar-refractivity contribution in [2.45, 2.75) is 4.90 Å². The van der Waals surface area contributed by atoms with Crippen molar-refractivity contribution < 1.29 is 17.9 Å². The van der Waals surface area contributed by atoms with Crippen molar-refractivity contribution in [1.82, 2.24) is 4.98 Å². The minimum atomic E-state index is -3.92. The molecule has 0 aliphatic carbocycles. The Balaban J connectivity index is 1.74. The van der Waals surface area contributed by atoms with Crippen LogP contribution in [-0.2, 0) is 14.8 Å². The van der Waals surface area contributed by atoms with Crippen LogP contribution < -0.4 is 14.8 Å². The first-order valence-corrected chi connectivity index (χ1v) is 9.64. The van der Waals surface area contributed by atoms with Crippen molar-refractivity contribution in [3.63, 3.8) is 0 Å². The number of halogens is 2. The van der Waals surface area contributed by atoms with Gasteiger partial charge in [-0.05, 0) is 30.3 Å². The van der Waals surface area contributed by atoms with Crippen LogP contribution in [0.2, 0.25) is 10.0 Å². The first kappa shape index (κ1) is 17.0. The summed E-state index contributed by atoms with van der Waals surface area (Å²) in [5.74, 6) is 0.0639. The Kier molecular flexibility index (Phi) is 3.98. The molecular formula is C16H11Cl2N3O4S. The Bertz CT molecular complexity index is 1160. The molecule has 134 valence electrons. The van der Waals surface area contributed by atoms with E-state index < -0.39 is 10.0 Å². The maximum absolute atomic E-state index is 12.8. The average molecular weight is 412 g/mol. The molecule has 0 fully saturated rings. The Morgan fingerprint density at radius 1 is 1.12 bits per heavy atom. The number of amides is 1. The van der Waals surface area contributed by atoms with Crippen LogP contribution in [0.3, 0.4) is 0 Å². The van der Waals surface area contributed by atoms with Gasteiger partial charge in [0.25, 0.3) is 15.9 Å². The molecule has 0 saturated carbocycles. The van der Waals surface area contributed by atoms with Crippen LogP contribution in [0, 0.1) is 0 Å². The number of carbonyl (C=O) groups is 1. The van der Waals surface area contributed by atoms with Gasteiger partial charge in [0.15, 0.2) is 6.61 Å². The van der Waals surface area contributed by atoms with E-state index in [-0.39, 0.29) is 17.4 Å². The zero-order valence-corrected chi connectivity index (χ0v) is 15.3. The van der Waals surface area contributed by atoms with Crippen molar-refractivity contribution in [3.05, 3.63) is 46.6 Å². The molecule has 4 rings (SSSR count). The minimum absolute atomic E-state index is 0.0252. The van der Waals surface area contributed by atoms with Gasteiger partial charge in [-0.15, -0.1) is 0 Å². The molecule has 2 heterocycles. The van der Waals surface area contributed by atoms with E-state index in [0.717, 1.165) is 0 Å². The van der Waals surface area contributed by atoms with Crippen LogP contribution in [-0.4, -0.2) is 25.9 Å². The average Bonchev–Trinajstić information content (AvgIpc) is 2.99. The van der Waals surface area contributed by atoms with E-state index in [1.54, 1.807) is 12.1 Å². The summed E-state index contributed by atoms with van der Waals surface area (Å²) in [5.41, 5.74) is 1.07. The lowest BCUT2D eigenvalue weighted by Crippen LogP contribution is -2.25. The van der Waals surface area contributed by atoms with Crippen molar-refractivity contribution in [2.24, 2.45) is 0 Å². The fourth-order valence-corrected chi connectivity index (χ4v) is 4.34. The fourth-order valence-electron chi connectivity index (χ4n) is 2.69. The number of aromatic amines is 1. The lowest BCUT2D eigenvalue weighted by molar-refractivity contribution is -0.118. The molecule has 7 nitrogen and oxygen atoms in total. The first-order valence-electron chi connectivity index (χ1n) is 7.40. The molecule has 26 heavy (non-hydrogen) atoms. The normalized spacial score (nSPS) is 13.8. The Morgan fingerprint density at radius 2 is 1.92 bits per heavy atom. The van der Waals surface area contributed by atoms with Crippen LogP contribution in [0.4, 0.5) is 11.4 Å². The third-order valence-electron chi connectivity index (χ3n) is 3.88. The third-order valence-corrected chi connectivity index (χ3v) is 5.85. The molecular weight excluding hydrogens is 401 g/mol. The van der Waals surface area contributed by atoms with Crippen LogP contribution in [0.25, 0.3) is 10.9 Å². The molecule has 2 aromatic carbocycles. The second kappa shape index (κ2) is 6.08. The van der Waals surface area contributed by atoms with Crippen LogP contribution in [0.5, 0.6) is 5.75 Å². The standard InChI is InChI=1S/C16H11Cl2N3O4S/c17-9-2-3-11(16-15(9)10(18)6-19-16)21-26(23,24)8-1-4-13-12(5-8)20-14(22)7-25-13/h1-6,19,21H,7H2,(H,20,22). The highest BCUT2D eigenvalue weighted by Crippen LogP contribution is 2.36. The molecule has 0 unspecified atom stereocenters. The van der Waals surface area contributed by atoms with E-state index in [9.17, 15) is 13.2 Å². The van der Waals surface area contributed by atoms with Crippen molar-refractivity contribution in [2.75, 3.05) is 16.6 Å². The molecule has 3 aromatic rings. The number of fused-ring (bicyclic) bond motifs is 2. The van der Waals surface area contributed by atoms with E-state index >= 15 is 0 Å². The van der Waals surface area contributed by atoms with E-state index in [0.29, 0.717) is 38.1 Å². The Labute approximate surface area is 158 Å². The highest BCUT2D eigenvalue weighted by atomic mass is 35.5. The predicted molar refractivity (Wildman–Crippen MR) is 99.7 cm³/mol. The topological polar surface area (TPSA) is 100 Å². The molecule has 0 saturated heterocycles. The first-order chi connectivity index (χ1) is 12.3. The monoisotopic (exact) mass is 411 g/mol. The predicted octanol–water partition coefficient (Wildman–Crippen LogP) is 3.61. The lowest BCUT2D eigenvalue weighted by Gasteiger charge is -2.18. The quantitative estimate of drug-likeness (QED) is 0.612. The lowest BCUT2D eigenvalue weighted by atomic mass is 10.2. The fraction of sp³-hybridized carbons (Fsp3) is 0.0625. The van der Waals surface area contributed by atoms with Crippen LogP contribution in [0.1, 0.15) is 0 Å².